The Morgan fingerprint density at radius 1 is 1.48 bits per heavy atom. The van der Waals surface area contributed by atoms with E-state index in [0.29, 0.717) is 0 Å². The summed E-state index contributed by atoms with van der Waals surface area (Å²) in [4.78, 5) is 10.7. The van der Waals surface area contributed by atoms with E-state index in [4.69, 9.17) is 14.9 Å². The van der Waals surface area contributed by atoms with Crippen molar-refractivity contribution >= 4 is 16.0 Å². The van der Waals surface area contributed by atoms with Crippen LogP contribution in [0.3, 0.4) is 0 Å². The first-order chi connectivity index (χ1) is 9.88. The molecule has 0 aliphatic rings. The van der Waals surface area contributed by atoms with E-state index < -0.39 is 16.0 Å². The molecule has 0 saturated heterocycles. The fourth-order valence-corrected chi connectivity index (χ4v) is 3.30. The van der Waals surface area contributed by atoms with Gasteiger partial charge in [0.05, 0.1) is 19.3 Å². The number of sulfonamides is 1. The number of ether oxygens (including phenoxy) is 1. The average Bonchev–Trinajstić information content (AvgIpc) is 2.46. The molecule has 0 bridgehead atoms. The number of carboxylic acids is 1. The van der Waals surface area contributed by atoms with Gasteiger partial charge in [-0.3, -0.25) is 0 Å². The lowest BCUT2D eigenvalue weighted by atomic mass is 10.2. The van der Waals surface area contributed by atoms with E-state index in [1.807, 2.05) is 0 Å². The van der Waals surface area contributed by atoms with Gasteiger partial charge in [-0.05, 0) is 18.2 Å². The number of hydrogen-bond acceptors (Lipinski definition) is 5. The van der Waals surface area contributed by atoms with E-state index in [1.165, 1.54) is 25.3 Å². The molecule has 0 radical (unpaired) electrons. The van der Waals surface area contributed by atoms with Crippen molar-refractivity contribution in [2.45, 2.75) is 4.90 Å². The minimum atomic E-state index is -4.01. The molecule has 0 aromatic heterocycles. The first-order valence-electron chi connectivity index (χ1n) is 6.01. The second-order valence-corrected chi connectivity index (χ2v) is 5.95. The predicted molar refractivity (Wildman–Crippen MR) is 76.0 cm³/mol. The summed E-state index contributed by atoms with van der Waals surface area (Å²) in [5.41, 5.74) is -0.170. The lowest BCUT2D eigenvalue weighted by Crippen LogP contribution is -2.34. The molecule has 0 aliphatic heterocycles. The van der Waals surface area contributed by atoms with Crippen LogP contribution in [0.15, 0.2) is 35.7 Å². The summed E-state index contributed by atoms with van der Waals surface area (Å²) >= 11 is 0. The molecular weight excluding hydrogens is 298 g/mol. The zero-order valence-corrected chi connectivity index (χ0v) is 12.3. The van der Waals surface area contributed by atoms with Gasteiger partial charge in [0.2, 0.25) is 10.0 Å². The van der Waals surface area contributed by atoms with Crippen LogP contribution in [-0.2, 0) is 10.0 Å². The first kappa shape index (κ1) is 17.2. The summed E-state index contributed by atoms with van der Waals surface area (Å²) in [7, 11) is -2.72. The third kappa shape index (κ3) is 3.81. The molecule has 1 aromatic carbocycles. The van der Waals surface area contributed by atoms with E-state index in [-0.39, 0.29) is 35.9 Å². The first-order valence-corrected chi connectivity index (χ1v) is 7.45. The summed E-state index contributed by atoms with van der Waals surface area (Å²) in [5, 5.41) is 18.0. The fourth-order valence-electron chi connectivity index (χ4n) is 1.72. The number of rotatable bonds is 8. The number of aromatic carboxylic acids is 1. The van der Waals surface area contributed by atoms with Crippen LogP contribution in [0.25, 0.3) is 0 Å². The molecular formula is C13H17NO6S. The Labute approximate surface area is 123 Å². The third-order valence-corrected chi connectivity index (χ3v) is 4.60. The van der Waals surface area contributed by atoms with Crippen LogP contribution in [0, 0.1) is 0 Å². The zero-order valence-electron chi connectivity index (χ0n) is 11.5. The maximum atomic E-state index is 12.6. The zero-order chi connectivity index (χ0) is 16.0. The van der Waals surface area contributed by atoms with E-state index in [2.05, 4.69) is 6.58 Å². The lowest BCUT2D eigenvalue weighted by molar-refractivity contribution is 0.0696. The number of aliphatic hydroxyl groups excluding tert-OH is 1. The molecule has 0 amide bonds. The van der Waals surface area contributed by atoms with Gasteiger partial charge in [0.1, 0.15) is 10.6 Å². The molecule has 0 spiro atoms. The Bertz CT molecular complexity index is 626. The summed E-state index contributed by atoms with van der Waals surface area (Å²) < 4.78 is 31.1. The van der Waals surface area contributed by atoms with Gasteiger partial charge in [-0.1, -0.05) is 6.08 Å². The number of methoxy groups -OCH3 is 1. The molecule has 1 rings (SSSR count). The van der Waals surface area contributed by atoms with Crippen molar-refractivity contribution < 1.29 is 28.2 Å². The Balaban J connectivity index is 3.42. The molecule has 21 heavy (non-hydrogen) atoms. The normalized spacial score (nSPS) is 11.4. The highest BCUT2D eigenvalue weighted by atomic mass is 32.2. The van der Waals surface area contributed by atoms with E-state index in [0.717, 1.165) is 10.4 Å². The van der Waals surface area contributed by atoms with Crippen LogP contribution in [0.2, 0.25) is 0 Å². The second-order valence-electron chi connectivity index (χ2n) is 4.05. The Hall–Kier alpha value is -1.90. The van der Waals surface area contributed by atoms with Crippen LogP contribution in [0.1, 0.15) is 10.4 Å². The molecule has 8 heteroatoms. The van der Waals surface area contributed by atoms with Gasteiger partial charge in [0.15, 0.2) is 0 Å². The molecule has 0 saturated carbocycles. The molecule has 7 nitrogen and oxygen atoms in total. The summed E-state index contributed by atoms with van der Waals surface area (Å²) in [6.45, 7) is 2.96. The predicted octanol–water partition coefficient (Wildman–Crippen LogP) is 0.562. The van der Waals surface area contributed by atoms with Gasteiger partial charge in [-0.2, -0.15) is 4.31 Å². The number of nitrogens with zero attached hydrogens (tertiary/aromatic N) is 1. The van der Waals surface area contributed by atoms with Crippen molar-refractivity contribution in [1.82, 2.24) is 4.31 Å². The highest BCUT2D eigenvalue weighted by molar-refractivity contribution is 7.89. The van der Waals surface area contributed by atoms with Gasteiger partial charge in [-0.25, -0.2) is 13.2 Å². The minimum absolute atomic E-state index is 0.0106. The standard InChI is InChI=1S/C13H17NO6S/c1-3-6-14(7-8-15)21(18,19)12-9-10(13(16)17)4-5-11(12)20-2/h3-5,9,15H,1,6-8H2,2H3,(H,16,17). The molecule has 116 valence electrons. The second kappa shape index (κ2) is 7.21. The third-order valence-electron chi connectivity index (χ3n) is 2.71. The topological polar surface area (TPSA) is 104 Å². The Morgan fingerprint density at radius 2 is 2.14 bits per heavy atom. The smallest absolute Gasteiger partial charge is 0.335 e. The molecule has 0 unspecified atom stereocenters. The number of hydrogen-bond donors (Lipinski definition) is 2. The Morgan fingerprint density at radius 3 is 2.62 bits per heavy atom. The summed E-state index contributed by atoms with van der Waals surface area (Å²) in [5.74, 6) is -1.21. The van der Waals surface area contributed by atoms with Gasteiger partial charge >= 0.3 is 5.97 Å². The average molecular weight is 315 g/mol. The van der Waals surface area contributed by atoms with Gasteiger partial charge < -0.3 is 14.9 Å². The van der Waals surface area contributed by atoms with E-state index in [1.54, 1.807) is 0 Å². The maximum Gasteiger partial charge on any atom is 0.335 e. The number of carbonyl (C=O) groups is 1. The molecule has 1 aromatic rings. The Kier molecular flexibility index (Phi) is 5.89. The monoisotopic (exact) mass is 315 g/mol. The quantitative estimate of drug-likeness (QED) is 0.679. The van der Waals surface area contributed by atoms with Gasteiger partial charge in [-0.15, -0.1) is 6.58 Å². The van der Waals surface area contributed by atoms with Crippen LogP contribution in [-0.4, -0.2) is 55.7 Å². The van der Waals surface area contributed by atoms with E-state index in [9.17, 15) is 13.2 Å². The van der Waals surface area contributed by atoms with Crippen molar-refractivity contribution in [3.63, 3.8) is 0 Å². The molecule has 0 atom stereocenters. The van der Waals surface area contributed by atoms with Crippen molar-refractivity contribution in [3.8, 4) is 5.75 Å². The highest BCUT2D eigenvalue weighted by Crippen LogP contribution is 2.27. The lowest BCUT2D eigenvalue weighted by Gasteiger charge is -2.21. The number of aliphatic hydroxyl groups is 1. The van der Waals surface area contributed by atoms with Crippen LogP contribution < -0.4 is 4.74 Å². The molecule has 0 heterocycles. The van der Waals surface area contributed by atoms with Crippen LogP contribution >= 0.6 is 0 Å². The largest absolute Gasteiger partial charge is 0.495 e. The molecule has 0 fully saturated rings. The summed E-state index contributed by atoms with van der Waals surface area (Å²) in [6.07, 6.45) is 1.38. The van der Waals surface area contributed by atoms with Gasteiger partial charge in [0, 0.05) is 13.1 Å². The van der Waals surface area contributed by atoms with Crippen molar-refractivity contribution in [1.29, 1.82) is 0 Å². The maximum absolute atomic E-state index is 12.6. The van der Waals surface area contributed by atoms with Crippen LogP contribution in [0.5, 0.6) is 5.75 Å². The van der Waals surface area contributed by atoms with Crippen molar-refractivity contribution in [3.05, 3.63) is 36.4 Å². The highest BCUT2D eigenvalue weighted by Gasteiger charge is 2.27. The molecule has 2 N–H and O–H groups in total. The van der Waals surface area contributed by atoms with Crippen LogP contribution in [0.4, 0.5) is 0 Å². The fraction of sp³-hybridized carbons (Fsp3) is 0.308. The molecule has 0 aliphatic carbocycles. The van der Waals surface area contributed by atoms with Crippen molar-refractivity contribution in [2.24, 2.45) is 0 Å². The minimum Gasteiger partial charge on any atom is -0.495 e. The number of benzene rings is 1. The van der Waals surface area contributed by atoms with E-state index >= 15 is 0 Å². The number of carboxylic acid groups (broad SMARTS) is 1. The summed E-state index contributed by atoms with van der Waals surface area (Å²) in [6, 6.07) is 3.56. The van der Waals surface area contributed by atoms with Gasteiger partial charge in [0.25, 0.3) is 0 Å². The SMILES string of the molecule is C=CCN(CCO)S(=O)(=O)c1cc(C(=O)O)ccc1OC. The van der Waals surface area contributed by atoms with Crippen molar-refractivity contribution in [2.75, 3.05) is 26.8 Å².